The Bertz CT molecular complexity index is 1200. The monoisotopic (exact) mass is 389 g/mol. The molecule has 0 aliphatic carbocycles. The first-order valence-corrected chi connectivity index (χ1v) is 9.89. The minimum absolute atomic E-state index is 0.0731. The number of thiophene rings is 1. The number of hydrogen-bond acceptors (Lipinski definition) is 4. The summed E-state index contributed by atoms with van der Waals surface area (Å²) < 4.78 is 1.35. The molecule has 0 radical (unpaired) electrons. The number of nitrogens with one attached hydrogen (secondary N) is 1. The number of carbonyl (C=O) groups is 1. The third kappa shape index (κ3) is 3.59. The van der Waals surface area contributed by atoms with Gasteiger partial charge in [0.05, 0.1) is 11.7 Å². The summed E-state index contributed by atoms with van der Waals surface area (Å²) in [6.45, 7) is 1.96. The van der Waals surface area contributed by atoms with Crippen molar-refractivity contribution in [2.45, 2.75) is 19.9 Å². The molecule has 140 valence electrons. The first kappa shape index (κ1) is 18.1. The normalized spacial score (nSPS) is 10.9. The molecule has 1 amide bonds. The lowest BCUT2D eigenvalue weighted by Crippen LogP contribution is -2.27. The molecule has 0 saturated carbocycles. The van der Waals surface area contributed by atoms with Crippen molar-refractivity contribution in [2.24, 2.45) is 0 Å². The molecule has 0 bridgehead atoms. The van der Waals surface area contributed by atoms with Crippen molar-refractivity contribution in [3.63, 3.8) is 0 Å². The number of benzene rings is 2. The Hall–Kier alpha value is -3.25. The van der Waals surface area contributed by atoms with Crippen LogP contribution in [0.2, 0.25) is 0 Å². The van der Waals surface area contributed by atoms with Crippen molar-refractivity contribution >= 4 is 33.1 Å². The Labute approximate surface area is 166 Å². The predicted octanol–water partition coefficient (Wildman–Crippen LogP) is 4.33. The molecule has 2 aromatic carbocycles. The molecule has 28 heavy (non-hydrogen) atoms. The maximum atomic E-state index is 12.8. The molecule has 0 aliphatic rings. The van der Waals surface area contributed by atoms with Gasteiger partial charge < -0.3 is 5.32 Å². The van der Waals surface area contributed by atoms with Gasteiger partial charge in [-0.05, 0) is 29.7 Å². The molecule has 0 unspecified atom stereocenters. The van der Waals surface area contributed by atoms with Crippen LogP contribution in [-0.4, -0.2) is 15.5 Å². The van der Waals surface area contributed by atoms with Gasteiger partial charge in [-0.2, -0.15) is 0 Å². The molecule has 2 aromatic heterocycles. The van der Waals surface area contributed by atoms with Crippen LogP contribution in [0.1, 0.15) is 12.5 Å². The van der Waals surface area contributed by atoms with Crippen LogP contribution in [0.3, 0.4) is 0 Å². The van der Waals surface area contributed by atoms with Crippen molar-refractivity contribution in [3.05, 3.63) is 82.9 Å². The summed E-state index contributed by atoms with van der Waals surface area (Å²) in [5, 5.41) is 3.43. The molecular formula is C22H19N3O2S. The SMILES string of the molecule is CCc1ccccc1NC(=O)Cn1cnc2sc(-c3ccccc3)cc2c1=O. The smallest absolute Gasteiger partial charge is 0.262 e. The van der Waals surface area contributed by atoms with E-state index in [1.54, 1.807) is 0 Å². The summed E-state index contributed by atoms with van der Waals surface area (Å²) in [6, 6.07) is 19.4. The van der Waals surface area contributed by atoms with Crippen LogP contribution in [0.5, 0.6) is 0 Å². The molecule has 0 fully saturated rings. The van der Waals surface area contributed by atoms with E-state index in [9.17, 15) is 9.59 Å². The van der Waals surface area contributed by atoms with E-state index >= 15 is 0 Å². The number of fused-ring (bicyclic) bond motifs is 1. The van der Waals surface area contributed by atoms with E-state index < -0.39 is 0 Å². The van der Waals surface area contributed by atoms with Gasteiger partial charge in [0.1, 0.15) is 11.4 Å². The number of para-hydroxylation sites is 1. The van der Waals surface area contributed by atoms with Gasteiger partial charge in [-0.3, -0.25) is 14.2 Å². The molecule has 0 aliphatic heterocycles. The summed E-state index contributed by atoms with van der Waals surface area (Å²) in [6.07, 6.45) is 2.27. The molecule has 0 atom stereocenters. The molecule has 1 N–H and O–H groups in total. The third-order valence-corrected chi connectivity index (χ3v) is 5.65. The number of aryl methyl sites for hydroxylation is 1. The number of hydrogen-bond donors (Lipinski definition) is 1. The molecule has 4 rings (SSSR count). The number of nitrogens with zero attached hydrogens (tertiary/aromatic N) is 2. The lowest BCUT2D eigenvalue weighted by molar-refractivity contribution is -0.116. The summed E-state index contributed by atoms with van der Waals surface area (Å²) in [5.41, 5.74) is 2.67. The Morgan fingerprint density at radius 3 is 2.64 bits per heavy atom. The first-order chi connectivity index (χ1) is 13.7. The first-order valence-electron chi connectivity index (χ1n) is 9.08. The van der Waals surface area contributed by atoms with Crippen LogP contribution in [0.4, 0.5) is 5.69 Å². The number of rotatable bonds is 5. The van der Waals surface area contributed by atoms with E-state index in [0.717, 1.165) is 28.1 Å². The number of amides is 1. The largest absolute Gasteiger partial charge is 0.324 e. The number of aromatic nitrogens is 2. The number of anilines is 1. The second kappa shape index (κ2) is 7.78. The van der Waals surface area contributed by atoms with Gasteiger partial charge in [-0.1, -0.05) is 55.5 Å². The summed E-state index contributed by atoms with van der Waals surface area (Å²) in [7, 11) is 0. The highest BCUT2D eigenvalue weighted by atomic mass is 32.1. The van der Waals surface area contributed by atoms with Crippen molar-refractivity contribution < 1.29 is 4.79 Å². The maximum absolute atomic E-state index is 12.8. The fourth-order valence-corrected chi connectivity index (χ4v) is 4.11. The highest BCUT2D eigenvalue weighted by Crippen LogP contribution is 2.30. The lowest BCUT2D eigenvalue weighted by atomic mass is 10.1. The molecule has 6 heteroatoms. The van der Waals surface area contributed by atoms with Crippen LogP contribution in [0.25, 0.3) is 20.7 Å². The maximum Gasteiger partial charge on any atom is 0.262 e. The van der Waals surface area contributed by atoms with Crippen LogP contribution in [-0.2, 0) is 17.8 Å². The van der Waals surface area contributed by atoms with Gasteiger partial charge in [0, 0.05) is 10.6 Å². The zero-order valence-corrected chi connectivity index (χ0v) is 16.2. The summed E-state index contributed by atoms with van der Waals surface area (Å²) in [4.78, 5) is 31.3. The van der Waals surface area contributed by atoms with Crippen LogP contribution >= 0.6 is 11.3 Å². The third-order valence-electron chi connectivity index (χ3n) is 4.56. The summed E-state index contributed by atoms with van der Waals surface area (Å²) in [5.74, 6) is -0.248. The lowest BCUT2D eigenvalue weighted by Gasteiger charge is -2.10. The van der Waals surface area contributed by atoms with Crippen molar-refractivity contribution in [3.8, 4) is 10.4 Å². The van der Waals surface area contributed by atoms with Crippen molar-refractivity contribution in [1.29, 1.82) is 0 Å². The van der Waals surface area contributed by atoms with E-state index in [4.69, 9.17) is 0 Å². The van der Waals surface area contributed by atoms with Gasteiger partial charge in [-0.15, -0.1) is 11.3 Å². The van der Waals surface area contributed by atoms with E-state index in [2.05, 4.69) is 10.3 Å². The molecule has 0 spiro atoms. The highest BCUT2D eigenvalue weighted by molar-refractivity contribution is 7.21. The second-order valence-corrected chi connectivity index (χ2v) is 7.46. The van der Waals surface area contributed by atoms with Crippen molar-refractivity contribution in [1.82, 2.24) is 9.55 Å². The van der Waals surface area contributed by atoms with E-state index in [-0.39, 0.29) is 18.0 Å². The molecular weight excluding hydrogens is 370 g/mol. The minimum atomic E-state index is -0.248. The van der Waals surface area contributed by atoms with Gasteiger partial charge in [0.2, 0.25) is 5.91 Å². The van der Waals surface area contributed by atoms with Crippen LogP contribution in [0, 0.1) is 0 Å². The van der Waals surface area contributed by atoms with E-state index in [1.165, 1.54) is 22.2 Å². The van der Waals surface area contributed by atoms with Gasteiger partial charge >= 0.3 is 0 Å². The quantitative estimate of drug-likeness (QED) is 0.553. The molecule has 2 heterocycles. The molecule has 0 saturated heterocycles. The average molecular weight is 389 g/mol. The predicted molar refractivity (Wildman–Crippen MR) is 114 cm³/mol. The molecule has 5 nitrogen and oxygen atoms in total. The Balaban J connectivity index is 1.60. The van der Waals surface area contributed by atoms with Crippen LogP contribution in [0.15, 0.2) is 71.8 Å². The second-order valence-electron chi connectivity index (χ2n) is 6.43. The Morgan fingerprint density at radius 2 is 1.86 bits per heavy atom. The van der Waals surface area contributed by atoms with Crippen molar-refractivity contribution in [2.75, 3.05) is 5.32 Å². The van der Waals surface area contributed by atoms with Crippen LogP contribution < -0.4 is 10.9 Å². The van der Waals surface area contributed by atoms with Gasteiger partial charge in [0.25, 0.3) is 5.56 Å². The topological polar surface area (TPSA) is 64.0 Å². The Morgan fingerprint density at radius 1 is 1.11 bits per heavy atom. The zero-order valence-electron chi connectivity index (χ0n) is 15.4. The van der Waals surface area contributed by atoms with E-state index in [0.29, 0.717) is 10.2 Å². The fourth-order valence-electron chi connectivity index (χ4n) is 3.11. The minimum Gasteiger partial charge on any atom is -0.324 e. The number of carbonyl (C=O) groups excluding carboxylic acids is 1. The summed E-state index contributed by atoms with van der Waals surface area (Å²) >= 11 is 1.47. The highest BCUT2D eigenvalue weighted by Gasteiger charge is 2.13. The fraction of sp³-hybridized carbons (Fsp3) is 0.136. The van der Waals surface area contributed by atoms with Gasteiger partial charge in [0.15, 0.2) is 0 Å². The Kier molecular flexibility index (Phi) is 5.04. The standard InChI is InChI=1S/C22H19N3O2S/c1-2-15-8-6-7-11-18(15)24-20(26)13-25-14-23-21-17(22(25)27)12-19(28-21)16-9-4-3-5-10-16/h3-12,14H,2,13H2,1H3,(H,24,26). The average Bonchev–Trinajstić information content (AvgIpc) is 3.16. The zero-order chi connectivity index (χ0) is 19.5. The molecule has 4 aromatic rings. The van der Waals surface area contributed by atoms with E-state index in [1.807, 2.05) is 67.6 Å². The van der Waals surface area contributed by atoms with Gasteiger partial charge in [-0.25, -0.2) is 4.98 Å².